The number of rotatable bonds is 3. The van der Waals surface area contributed by atoms with E-state index in [-0.39, 0.29) is 30.1 Å². The van der Waals surface area contributed by atoms with Crippen molar-refractivity contribution >= 4 is 41.7 Å². The smallest absolute Gasteiger partial charge is 0.228 e. The number of carbonyl (C=O) groups is 2. The number of carbonyl (C=O) groups excluding carboxylic acids is 2. The van der Waals surface area contributed by atoms with E-state index in [2.05, 4.69) is 5.32 Å². The summed E-state index contributed by atoms with van der Waals surface area (Å²) < 4.78 is 0. The van der Waals surface area contributed by atoms with Crippen molar-refractivity contribution in [3.63, 3.8) is 0 Å². The highest BCUT2D eigenvalue weighted by Crippen LogP contribution is 2.28. The van der Waals surface area contributed by atoms with E-state index in [1.165, 1.54) is 4.90 Å². The van der Waals surface area contributed by atoms with Crippen molar-refractivity contribution < 1.29 is 9.59 Å². The van der Waals surface area contributed by atoms with Crippen LogP contribution in [0.1, 0.15) is 12.8 Å². The first-order chi connectivity index (χ1) is 11.2. The molecule has 1 N–H and O–H groups in total. The molecule has 5 nitrogen and oxygen atoms in total. The number of halogens is 1. The van der Waals surface area contributed by atoms with Crippen molar-refractivity contribution in [1.82, 2.24) is 10.2 Å². The van der Waals surface area contributed by atoms with Gasteiger partial charge in [-0.2, -0.15) is 0 Å². The highest BCUT2D eigenvalue weighted by Gasteiger charge is 2.37. The Morgan fingerprint density at radius 3 is 2.67 bits per heavy atom. The second-order valence-corrected chi connectivity index (χ2v) is 6.91. The van der Waals surface area contributed by atoms with Gasteiger partial charge in [-0.1, -0.05) is 0 Å². The molecule has 2 fully saturated rings. The first-order valence-corrected chi connectivity index (χ1v) is 9.35. The monoisotopic (exact) mass is 369 g/mol. The summed E-state index contributed by atoms with van der Waals surface area (Å²) in [6.45, 7) is 3.83. The number of hydrogen-bond donors (Lipinski definition) is 1. The molecule has 0 spiro atoms. The van der Waals surface area contributed by atoms with Gasteiger partial charge < -0.3 is 15.1 Å². The summed E-state index contributed by atoms with van der Waals surface area (Å²) in [6.07, 6.45) is 3.33. The summed E-state index contributed by atoms with van der Waals surface area (Å²) >= 11 is 1.68. The molecular weight excluding hydrogens is 346 g/mol. The molecule has 2 aliphatic heterocycles. The van der Waals surface area contributed by atoms with Gasteiger partial charge in [0.05, 0.1) is 5.92 Å². The van der Waals surface area contributed by atoms with Gasteiger partial charge in [-0.3, -0.25) is 9.59 Å². The Morgan fingerprint density at radius 1 is 1.21 bits per heavy atom. The molecule has 132 valence electrons. The number of amides is 2. The van der Waals surface area contributed by atoms with E-state index in [0.29, 0.717) is 13.0 Å². The zero-order valence-electron chi connectivity index (χ0n) is 13.9. The van der Waals surface area contributed by atoms with Gasteiger partial charge in [-0.05, 0) is 43.5 Å². The van der Waals surface area contributed by atoms with E-state index in [1.54, 1.807) is 16.7 Å². The van der Waals surface area contributed by atoms with Crippen molar-refractivity contribution in [2.24, 2.45) is 5.92 Å². The fourth-order valence-electron chi connectivity index (χ4n) is 3.21. The van der Waals surface area contributed by atoms with Gasteiger partial charge in [-0.15, -0.1) is 24.2 Å². The van der Waals surface area contributed by atoms with Crippen molar-refractivity contribution in [2.45, 2.75) is 17.7 Å². The van der Waals surface area contributed by atoms with Gasteiger partial charge in [0.25, 0.3) is 0 Å². The lowest BCUT2D eigenvalue weighted by molar-refractivity contribution is -0.135. The van der Waals surface area contributed by atoms with Crippen LogP contribution >= 0.6 is 24.2 Å². The van der Waals surface area contributed by atoms with E-state index in [9.17, 15) is 9.59 Å². The minimum atomic E-state index is -0.208. The molecule has 2 saturated heterocycles. The predicted octanol–water partition coefficient (Wildman–Crippen LogP) is 2.01. The van der Waals surface area contributed by atoms with Crippen LogP contribution in [0.5, 0.6) is 0 Å². The molecular formula is C17H24ClN3O2S. The summed E-state index contributed by atoms with van der Waals surface area (Å²) in [5.41, 5.74) is 0.889. The maximum Gasteiger partial charge on any atom is 0.228 e. The second kappa shape index (κ2) is 8.74. The predicted molar refractivity (Wildman–Crippen MR) is 100.0 cm³/mol. The summed E-state index contributed by atoms with van der Waals surface area (Å²) in [7, 11) is 0. The Kier molecular flexibility index (Phi) is 6.95. The zero-order chi connectivity index (χ0) is 16.2. The van der Waals surface area contributed by atoms with Crippen molar-refractivity contribution in [3.05, 3.63) is 24.3 Å². The molecule has 24 heavy (non-hydrogen) atoms. The Balaban J connectivity index is 0.00000208. The minimum Gasteiger partial charge on any atom is -0.341 e. The fourth-order valence-corrected chi connectivity index (χ4v) is 3.62. The van der Waals surface area contributed by atoms with Crippen LogP contribution in [-0.4, -0.2) is 55.7 Å². The van der Waals surface area contributed by atoms with Crippen LogP contribution < -0.4 is 10.2 Å². The number of benzene rings is 1. The Bertz CT molecular complexity index is 574. The molecule has 2 amide bonds. The summed E-state index contributed by atoms with van der Waals surface area (Å²) in [6, 6.07) is 7.96. The van der Waals surface area contributed by atoms with E-state index in [1.807, 2.05) is 35.4 Å². The van der Waals surface area contributed by atoms with Crippen LogP contribution in [0, 0.1) is 5.92 Å². The lowest BCUT2D eigenvalue weighted by atomic mass is 10.1. The molecule has 1 unspecified atom stereocenters. The van der Waals surface area contributed by atoms with Gasteiger partial charge in [0, 0.05) is 43.2 Å². The van der Waals surface area contributed by atoms with E-state index >= 15 is 0 Å². The number of nitrogens with one attached hydrogen (secondary N) is 1. The van der Waals surface area contributed by atoms with Crippen LogP contribution in [0.25, 0.3) is 0 Å². The first-order valence-electron chi connectivity index (χ1n) is 8.13. The standard InChI is InChI=1S/C17H23N3O2S.ClH/c1-23-15-5-3-14(4-6-15)20-12-13(11-16(20)21)17(22)19-9-2-7-18-8-10-19;/h3-6,13,18H,2,7-12H2,1H3;1H. The molecule has 0 saturated carbocycles. The van der Waals surface area contributed by atoms with Crippen LogP contribution in [0.15, 0.2) is 29.2 Å². The molecule has 1 atom stereocenters. The zero-order valence-corrected chi connectivity index (χ0v) is 15.5. The molecule has 3 rings (SSSR count). The first kappa shape index (κ1) is 19.1. The molecule has 0 aliphatic carbocycles. The summed E-state index contributed by atoms with van der Waals surface area (Å²) in [5.74, 6) is -0.0284. The van der Waals surface area contributed by atoms with E-state index < -0.39 is 0 Å². The third-order valence-electron chi connectivity index (χ3n) is 4.51. The third-order valence-corrected chi connectivity index (χ3v) is 5.25. The molecule has 7 heteroatoms. The quantitative estimate of drug-likeness (QED) is 0.828. The molecule has 2 heterocycles. The highest BCUT2D eigenvalue weighted by molar-refractivity contribution is 7.98. The van der Waals surface area contributed by atoms with Crippen LogP contribution in [-0.2, 0) is 9.59 Å². The topological polar surface area (TPSA) is 52.7 Å². The third kappa shape index (κ3) is 4.23. The van der Waals surface area contributed by atoms with Crippen LogP contribution in [0.3, 0.4) is 0 Å². The van der Waals surface area contributed by atoms with Crippen LogP contribution in [0.2, 0.25) is 0 Å². The highest BCUT2D eigenvalue weighted by atomic mass is 35.5. The normalized spacial score (nSPS) is 21.4. The number of thioether (sulfide) groups is 1. The van der Waals surface area contributed by atoms with Gasteiger partial charge in [-0.25, -0.2) is 0 Å². The van der Waals surface area contributed by atoms with E-state index in [4.69, 9.17) is 0 Å². The Morgan fingerprint density at radius 2 is 1.96 bits per heavy atom. The maximum atomic E-state index is 12.7. The van der Waals surface area contributed by atoms with Crippen molar-refractivity contribution in [1.29, 1.82) is 0 Å². The lowest BCUT2D eigenvalue weighted by Gasteiger charge is -2.23. The maximum absolute atomic E-state index is 12.7. The SMILES string of the molecule is CSc1ccc(N2CC(C(=O)N3CCCNCC3)CC2=O)cc1.Cl. The van der Waals surface area contributed by atoms with Gasteiger partial charge >= 0.3 is 0 Å². The van der Waals surface area contributed by atoms with E-state index in [0.717, 1.165) is 38.3 Å². The average molecular weight is 370 g/mol. The molecule has 0 radical (unpaired) electrons. The van der Waals surface area contributed by atoms with Gasteiger partial charge in [0.15, 0.2) is 0 Å². The molecule has 1 aromatic rings. The second-order valence-electron chi connectivity index (χ2n) is 6.03. The lowest BCUT2D eigenvalue weighted by Crippen LogP contribution is -2.39. The molecule has 0 bridgehead atoms. The Hall–Kier alpha value is -1.24. The molecule has 1 aromatic carbocycles. The fraction of sp³-hybridized carbons (Fsp3) is 0.529. The minimum absolute atomic E-state index is 0. The molecule has 2 aliphatic rings. The van der Waals surface area contributed by atoms with Crippen molar-refractivity contribution in [2.75, 3.05) is 43.9 Å². The van der Waals surface area contributed by atoms with Gasteiger partial charge in [0.2, 0.25) is 11.8 Å². The van der Waals surface area contributed by atoms with Crippen LogP contribution in [0.4, 0.5) is 5.69 Å². The van der Waals surface area contributed by atoms with Gasteiger partial charge in [0.1, 0.15) is 0 Å². The Labute approximate surface area is 153 Å². The van der Waals surface area contributed by atoms with Crippen molar-refractivity contribution in [3.8, 4) is 0 Å². The summed E-state index contributed by atoms with van der Waals surface area (Å²) in [5, 5.41) is 3.30. The number of nitrogens with zero attached hydrogens (tertiary/aromatic N) is 2. The number of hydrogen-bond acceptors (Lipinski definition) is 4. The average Bonchev–Trinajstić information content (AvgIpc) is 2.79. The molecule has 0 aromatic heterocycles. The number of anilines is 1. The summed E-state index contributed by atoms with van der Waals surface area (Å²) in [4.78, 5) is 29.9. The largest absolute Gasteiger partial charge is 0.341 e.